The van der Waals surface area contributed by atoms with E-state index >= 15 is 0 Å². The highest BCUT2D eigenvalue weighted by Gasteiger charge is 2.30. The van der Waals surface area contributed by atoms with Gasteiger partial charge in [-0.25, -0.2) is 8.42 Å². The average molecular weight is 310 g/mol. The molecular formula is C9H9F3N4O3S. The summed E-state index contributed by atoms with van der Waals surface area (Å²) < 4.78 is 64.6. The van der Waals surface area contributed by atoms with Crippen molar-refractivity contribution < 1.29 is 26.1 Å². The van der Waals surface area contributed by atoms with Crippen molar-refractivity contribution in [2.45, 2.75) is 24.0 Å². The van der Waals surface area contributed by atoms with Crippen LogP contribution in [0.1, 0.15) is 11.7 Å². The maximum Gasteiger partial charge on any atom is 0.396 e. The van der Waals surface area contributed by atoms with Crippen LogP contribution in [0.25, 0.3) is 0 Å². The normalized spacial score (nSPS) is 12.8. The van der Waals surface area contributed by atoms with Gasteiger partial charge in [0.15, 0.2) is 15.7 Å². The second-order valence-corrected chi connectivity index (χ2v) is 6.06. The van der Waals surface area contributed by atoms with Gasteiger partial charge >= 0.3 is 6.18 Å². The summed E-state index contributed by atoms with van der Waals surface area (Å²) in [5.74, 6) is -0.574. The lowest BCUT2D eigenvalue weighted by molar-refractivity contribution is -0.128. The topological polar surface area (TPSA) is 90.9 Å². The van der Waals surface area contributed by atoms with Crippen LogP contribution < -0.4 is 0 Å². The molecule has 2 heterocycles. The molecule has 0 radical (unpaired) electrons. The van der Waals surface area contributed by atoms with Gasteiger partial charge in [-0.1, -0.05) is 5.16 Å². The second kappa shape index (κ2) is 4.89. The summed E-state index contributed by atoms with van der Waals surface area (Å²) in [5.41, 5.74) is 0. The number of rotatable bonds is 4. The van der Waals surface area contributed by atoms with Crippen molar-refractivity contribution in [1.82, 2.24) is 19.9 Å². The average Bonchev–Trinajstić information content (AvgIpc) is 2.85. The Bertz CT molecular complexity index is 704. The Hall–Kier alpha value is -1.91. The van der Waals surface area contributed by atoms with Crippen molar-refractivity contribution in [2.24, 2.45) is 0 Å². The highest BCUT2D eigenvalue weighted by atomic mass is 32.2. The van der Waals surface area contributed by atoms with E-state index in [9.17, 15) is 21.6 Å². The molecule has 0 aliphatic rings. The van der Waals surface area contributed by atoms with E-state index in [0.717, 1.165) is 12.5 Å². The van der Waals surface area contributed by atoms with E-state index in [2.05, 4.69) is 19.8 Å². The van der Waals surface area contributed by atoms with E-state index in [1.54, 1.807) is 0 Å². The number of alkyl halides is 3. The number of hydrogen-bond donors (Lipinski definition) is 0. The van der Waals surface area contributed by atoms with Crippen LogP contribution in [0.3, 0.4) is 0 Å². The van der Waals surface area contributed by atoms with Gasteiger partial charge in [-0.05, 0) is 0 Å². The zero-order valence-electron chi connectivity index (χ0n) is 10.1. The molecule has 0 saturated carbocycles. The van der Waals surface area contributed by atoms with Crippen LogP contribution in [0.4, 0.5) is 13.2 Å². The van der Waals surface area contributed by atoms with Crippen molar-refractivity contribution >= 4 is 9.84 Å². The van der Waals surface area contributed by atoms with Gasteiger partial charge in [0.25, 0.3) is 0 Å². The molecule has 11 heteroatoms. The molecule has 0 aromatic carbocycles. The molecule has 0 atom stereocenters. The van der Waals surface area contributed by atoms with E-state index in [1.807, 2.05) is 0 Å². The van der Waals surface area contributed by atoms with E-state index in [4.69, 9.17) is 0 Å². The molecule has 0 saturated heterocycles. The highest BCUT2D eigenvalue weighted by molar-refractivity contribution is 7.90. The van der Waals surface area contributed by atoms with Gasteiger partial charge in [0.2, 0.25) is 5.89 Å². The fourth-order valence-electron chi connectivity index (χ4n) is 1.37. The first kappa shape index (κ1) is 14.5. The molecule has 0 aliphatic carbocycles. The Kier molecular flexibility index (Phi) is 3.54. The third kappa shape index (κ3) is 3.79. The third-order valence-corrected chi connectivity index (χ3v) is 3.27. The number of nitrogens with zero attached hydrogens (tertiary/aromatic N) is 4. The van der Waals surface area contributed by atoms with Crippen molar-refractivity contribution in [3.63, 3.8) is 0 Å². The lowest BCUT2D eigenvalue weighted by Gasteiger charge is -1.99. The Morgan fingerprint density at radius 1 is 1.40 bits per heavy atom. The molecule has 0 spiro atoms. The van der Waals surface area contributed by atoms with E-state index in [-0.39, 0.29) is 17.3 Å². The summed E-state index contributed by atoms with van der Waals surface area (Å²) >= 11 is 0. The molecule has 0 aliphatic heterocycles. The first-order valence-corrected chi connectivity index (χ1v) is 7.13. The lowest BCUT2D eigenvalue weighted by atomic mass is 10.4. The Balaban J connectivity index is 2.09. The van der Waals surface area contributed by atoms with Crippen LogP contribution in [0, 0.1) is 0 Å². The molecule has 0 unspecified atom stereocenters. The zero-order valence-corrected chi connectivity index (χ0v) is 10.9. The monoisotopic (exact) mass is 310 g/mol. The van der Waals surface area contributed by atoms with Gasteiger partial charge in [-0.3, -0.25) is 4.68 Å². The lowest BCUT2D eigenvalue weighted by Crippen LogP contribution is -2.12. The van der Waals surface area contributed by atoms with Crippen molar-refractivity contribution in [3.05, 3.63) is 24.1 Å². The van der Waals surface area contributed by atoms with Crippen LogP contribution >= 0.6 is 0 Å². The van der Waals surface area contributed by atoms with Gasteiger partial charge in [0.1, 0.15) is 17.9 Å². The van der Waals surface area contributed by atoms with Gasteiger partial charge in [-0.15, -0.1) is 0 Å². The molecule has 2 rings (SSSR count). The summed E-state index contributed by atoms with van der Waals surface area (Å²) in [6.45, 7) is -0.111. The van der Waals surface area contributed by atoms with Crippen LogP contribution in [0.5, 0.6) is 0 Å². The molecule has 0 fully saturated rings. The Labute approximate surface area is 111 Å². The molecular weight excluding hydrogens is 301 g/mol. The van der Waals surface area contributed by atoms with Gasteiger partial charge in [0.05, 0.1) is 6.20 Å². The number of aromatic nitrogens is 4. The highest BCUT2D eigenvalue weighted by Crippen LogP contribution is 2.19. The van der Waals surface area contributed by atoms with E-state index in [1.165, 1.54) is 10.9 Å². The summed E-state index contributed by atoms with van der Waals surface area (Å²) in [6.07, 6.45) is -2.34. The fourth-order valence-corrected chi connectivity index (χ4v) is 1.92. The van der Waals surface area contributed by atoms with E-state index in [0.29, 0.717) is 0 Å². The van der Waals surface area contributed by atoms with E-state index < -0.39 is 28.3 Å². The standard InChI is InChI=1S/C9H9F3N4O3S/c1-20(17,18)6-3-13-16(4-6)5-8-14-7(15-19-8)2-9(10,11)12/h3-4H,2,5H2,1H3. The first-order chi connectivity index (χ1) is 9.13. The predicted molar refractivity (Wildman–Crippen MR) is 58.5 cm³/mol. The van der Waals surface area contributed by atoms with Crippen LogP contribution in [0.15, 0.2) is 21.8 Å². The first-order valence-electron chi connectivity index (χ1n) is 5.24. The molecule has 2 aromatic heterocycles. The van der Waals surface area contributed by atoms with Crippen LogP contribution in [-0.4, -0.2) is 40.8 Å². The van der Waals surface area contributed by atoms with Crippen molar-refractivity contribution in [3.8, 4) is 0 Å². The third-order valence-electron chi connectivity index (χ3n) is 2.20. The minimum atomic E-state index is -4.42. The maximum atomic E-state index is 12.1. The second-order valence-electron chi connectivity index (χ2n) is 4.04. The molecule has 2 aromatic rings. The van der Waals surface area contributed by atoms with Gasteiger partial charge < -0.3 is 4.52 Å². The van der Waals surface area contributed by atoms with Crippen LogP contribution in [-0.2, 0) is 22.8 Å². The smallest absolute Gasteiger partial charge is 0.337 e. The number of halogens is 3. The SMILES string of the molecule is CS(=O)(=O)c1cnn(Cc2nc(CC(F)(F)F)no2)c1. The Morgan fingerprint density at radius 2 is 2.10 bits per heavy atom. The van der Waals surface area contributed by atoms with Gasteiger partial charge in [-0.2, -0.15) is 23.3 Å². The fraction of sp³-hybridized carbons (Fsp3) is 0.444. The number of sulfone groups is 1. The molecule has 0 N–H and O–H groups in total. The molecule has 0 bridgehead atoms. The van der Waals surface area contributed by atoms with Gasteiger partial charge in [0, 0.05) is 12.5 Å². The quantitative estimate of drug-likeness (QED) is 0.830. The number of hydrogen-bond acceptors (Lipinski definition) is 6. The zero-order chi connectivity index (χ0) is 15.0. The summed E-state index contributed by atoms with van der Waals surface area (Å²) in [6, 6.07) is 0. The predicted octanol–water partition coefficient (Wildman–Crippen LogP) is 0.823. The molecule has 0 amide bonds. The summed E-state index contributed by atoms with van der Waals surface area (Å²) in [5, 5.41) is 6.94. The summed E-state index contributed by atoms with van der Waals surface area (Å²) in [4.78, 5) is 3.55. The summed E-state index contributed by atoms with van der Waals surface area (Å²) in [7, 11) is -3.39. The van der Waals surface area contributed by atoms with Crippen LogP contribution in [0.2, 0.25) is 0 Å². The molecule has 20 heavy (non-hydrogen) atoms. The minimum Gasteiger partial charge on any atom is -0.337 e. The largest absolute Gasteiger partial charge is 0.396 e. The minimum absolute atomic E-state index is 0.00692. The maximum absolute atomic E-state index is 12.1. The van der Waals surface area contributed by atoms with Crippen molar-refractivity contribution in [1.29, 1.82) is 0 Å². The Morgan fingerprint density at radius 3 is 2.65 bits per heavy atom. The molecule has 7 nitrogen and oxygen atoms in total. The molecule has 110 valence electrons. The van der Waals surface area contributed by atoms with Crippen molar-refractivity contribution in [2.75, 3.05) is 6.26 Å².